The Kier molecular flexibility index (Phi) is 4.06. The average molecular weight is 235 g/mol. The Morgan fingerprint density at radius 1 is 1.59 bits per heavy atom. The molecule has 2 heterocycles. The predicted octanol–water partition coefficient (Wildman–Crippen LogP) is 0.247. The summed E-state index contributed by atoms with van der Waals surface area (Å²) in [6.07, 6.45) is 3.44. The Hall–Kier alpha value is -1.46. The fourth-order valence-electron chi connectivity index (χ4n) is 1.78. The zero-order valence-electron chi connectivity index (χ0n) is 9.85. The highest BCUT2D eigenvalue weighted by Crippen LogP contribution is 2.10. The molecule has 1 amide bonds. The second kappa shape index (κ2) is 5.75. The Labute approximate surface area is 101 Å². The number of rotatable bonds is 3. The number of morpholine rings is 1. The van der Waals surface area contributed by atoms with Crippen LogP contribution in [-0.2, 0) is 9.53 Å². The van der Waals surface area contributed by atoms with Crippen LogP contribution in [0, 0.1) is 0 Å². The van der Waals surface area contributed by atoms with Crippen LogP contribution in [0.15, 0.2) is 24.5 Å². The lowest BCUT2D eigenvalue weighted by Crippen LogP contribution is -2.51. The first-order valence-electron chi connectivity index (χ1n) is 5.79. The van der Waals surface area contributed by atoms with Gasteiger partial charge in [-0.1, -0.05) is 0 Å². The molecule has 17 heavy (non-hydrogen) atoms. The van der Waals surface area contributed by atoms with Crippen LogP contribution < -0.4 is 10.6 Å². The van der Waals surface area contributed by atoms with Gasteiger partial charge in [0.2, 0.25) is 5.91 Å². The van der Waals surface area contributed by atoms with Crippen LogP contribution in [0.3, 0.4) is 0 Å². The third-order valence-electron chi connectivity index (χ3n) is 2.80. The van der Waals surface area contributed by atoms with Crippen molar-refractivity contribution in [3.63, 3.8) is 0 Å². The first-order chi connectivity index (χ1) is 8.27. The lowest BCUT2D eigenvalue weighted by atomic mass is 10.1. The summed E-state index contributed by atoms with van der Waals surface area (Å²) in [6, 6.07) is 3.54. The van der Waals surface area contributed by atoms with Gasteiger partial charge in [0, 0.05) is 18.9 Å². The summed E-state index contributed by atoms with van der Waals surface area (Å²) in [7, 11) is 0. The summed E-state index contributed by atoms with van der Waals surface area (Å²) in [5.41, 5.74) is 1.05. The Morgan fingerprint density at radius 2 is 2.35 bits per heavy atom. The zero-order chi connectivity index (χ0) is 12.1. The second-order valence-corrected chi connectivity index (χ2v) is 4.09. The average Bonchev–Trinajstić information content (AvgIpc) is 2.40. The molecular weight excluding hydrogens is 218 g/mol. The smallest absolute Gasteiger partial charge is 0.240 e. The minimum atomic E-state index is -0.243. The van der Waals surface area contributed by atoms with Gasteiger partial charge in [0.25, 0.3) is 0 Å². The third-order valence-corrected chi connectivity index (χ3v) is 2.80. The lowest BCUT2D eigenvalue weighted by molar-refractivity contribution is -0.126. The van der Waals surface area contributed by atoms with E-state index in [2.05, 4.69) is 15.6 Å². The quantitative estimate of drug-likeness (QED) is 0.788. The Balaban J connectivity index is 1.89. The molecule has 1 saturated heterocycles. The molecule has 0 saturated carbocycles. The molecule has 2 N–H and O–H groups in total. The molecule has 1 aliphatic heterocycles. The number of carbonyl (C=O) groups excluding carboxylic acids is 1. The van der Waals surface area contributed by atoms with E-state index in [1.165, 1.54) is 0 Å². The molecule has 1 fully saturated rings. The molecule has 2 atom stereocenters. The lowest BCUT2D eigenvalue weighted by Gasteiger charge is -2.24. The van der Waals surface area contributed by atoms with Crippen molar-refractivity contribution in [1.29, 1.82) is 0 Å². The van der Waals surface area contributed by atoms with Crippen LogP contribution >= 0.6 is 0 Å². The van der Waals surface area contributed by atoms with E-state index in [4.69, 9.17) is 4.74 Å². The molecular formula is C12H17N3O2. The molecule has 1 aromatic heterocycles. The largest absolute Gasteiger partial charge is 0.378 e. The molecule has 5 heteroatoms. The monoisotopic (exact) mass is 235 g/mol. The highest BCUT2D eigenvalue weighted by Gasteiger charge is 2.22. The van der Waals surface area contributed by atoms with Gasteiger partial charge in [0.15, 0.2) is 0 Å². The number of pyridine rings is 1. The van der Waals surface area contributed by atoms with Gasteiger partial charge in [-0.25, -0.2) is 0 Å². The minimum absolute atomic E-state index is 0.0192. The van der Waals surface area contributed by atoms with E-state index in [0.717, 1.165) is 12.1 Å². The highest BCUT2D eigenvalue weighted by atomic mass is 16.5. The molecule has 0 spiro atoms. The molecule has 0 aliphatic carbocycles. The topological polar surface area (TPSA) is 63.2 Å². The maximum absolute atomic E-state index is 11.9. The van der Waals surface area contributed by atoms with Crippen molar-refractivity contribution in [2.45, 2.75) is 19.0 Å². The molecule has 0 aromatic carbocycles. The van der Waals surface area contributed by atoms with Gasteiger partial charge in [-0.3, -0.25) is 9.78 Å². The summed E-state index contributed by atoms with van der Waals surface area (Å²) in [5.74, 6) is -0.0194. The second-order valence-electron chi connectivity index (χ2n) is 4.09. The first kappa shape index (κ1) is 12.0. The maximum atomic E-state index is 11.9. The molecule has 2 rings (SSSR count). The predicted molar refractivity (Wildman–Crippen MR) is 63.4 cm³/mol. The summed E-state index contributed by atoms with van der Waals surface area (Å²) < 4.78 is 5.26. The number of hydrogen-bond donors (Lipinski definition) is 2. The Morgan fingerprint density at radius 3 is 3.00 bits per heavy atom. The van der Waals surface area contributed by atoms with Crippen molar-refractivity contribution in [2.75, 3.05) is 19.8 Å². The van der Waals surface area contributed by atoms with Crippen LogP contribution in [0.2, 0.25) is 0 Å². The van der Waals surface area contributed by atoms with Crippen molar-refractivity contribution >= 4 is 5.91 Å². The van der Waals surface area contributed by atoms with Crippen LogP contribution in [-0.4, -0.2) is 36.7 Å². The van der Waals surface area contributed by atoms with Crippen molar-refractivity contribution in [1.82, 2.24) is 15.6 Å². The molecule has 1 aromatic rings. The van der Waals surface area contributed by atoms with E-state index in [-0.39, 0.29) is 18.0 Å². The number of aromatic nitrogens is 1. The summed E-state index contributed by atoms with van der Waals surface area (Å²) in [4.78, 5) is 15.9. The van der Waals surface area contributed by atoms with Gasteiger partial charge in [0.1, 0.15) is 6.04 Å². The maximum Gasteiger partial charge on any atom is 0.240 e. The van der Waals surface area contributed by atoms with E-state index in [1.54, 1.807) is 12.4 Å². The van der Waals surface area contributed by atoms with Crippen LogP contribution in [0.4, 0.5) is 0 Å². The fraction of sp³-hybridized carbons (Fsp3) is 0.500. The van der Waals surface area contributed by atoms with Crippen molar-refractivity contribution in [2.24, 2.45) is 0 Å². The normalized spacial score (nSPS) is 21.8. The SMILES string of the molecule is CC(NC(=O)C1COCCN1)c1ccncc1. The van der Waals surface area contributed by atoms with Crippen LogP contribution in [0.25, 0.3) is 0 Å². The van der Waals surface area contributed by atoms with Crippen LogP contribution in [0.5, 0.6) is 0 Å². The van der Waals surface area contributed by atoms with E-state index in [1.807, 2.05) is 19.1 Å². The standard InChI is InChI=1S/C12H17N3O2/c1-9(10-2-4-13-5-3-10)15-12(16)11-8-17-7-6-14-11/h2-5,9,11,14H,6-8H2,1H3,(H,15,16). The third kappa shape index (κ3) is 3.25. The highest BCUT2D eigenvalue weighted by molar-refractivity contribution is 5.82. The van der Waals surface area contributed by atoms with Gasteiger partial charge < -0.3 is 15.4 Å². The molecule has 5 nitrogen and oxygen atoms in total. The van der Waals surface area contributed by atoms with Crippen LogP contribution in [0.1, 0.15) is 18.5 Å². The van der Waals surface area contributed by atoms with Gasteiger partial charge in [0.05, 0.1) is 19.3 Å². The van der Waals surface area contributed by atoms with Crippen molar-refractivity contribution in [3.05, 3.63) is 30.1 Å². The van der Waals surface area contributed by atoms with E-state index < -0.39 is 0 Å². The number of amides is 1. The first-order valence-corrected chi connectivity index (χ1v) is 5.79. The van der Waals surface area contributed by atoms with E-state index in [9.17, 15) is 4.79 Å². The van der Waals surface area contributed by atoms with E-state index in [0.29, 0.717) is 13.2 Å². The summed E-state index contributed by atoms with van der Waals surface area (Å²) in [6.45, 7) is 3.79. The summed E-state index contributed by atoms with van der Waals surface area (Å²) in [5, 5.41) is 6.08. The number of ether oxygens (including phenoxy) is 1. The number of carbonyl (C=O) groups is 1. The van der Waals surface area contributed by atoms with Crippen molar-refractivity contribution in [3.8, 4) is 0 Å². The zero-order valence-corrected chi connectivity index (χ0v) is 9.85. The molecule has 1 aliphatic rings. The van der Waals surface area contributed by atoms with Gasteiger partial charge in [-0.15, -0.1) is 0 Å². The molecule has 0 radical (unpaired) electrons. The van der Waals surface area contributed by atoms with Gasteiger partial charge in [-0.2, -0.15) is 0 Å². The fourth-order valence-corrected chi connectivity index (χ4v) is 1.78. The van der Waals surface area contributed by atoms with Crippen molar-refractivity contribution < 1.29 is 9.53 Å². The van der Waals surface area contributed by atoms with Gasteiger partial charge in [-0.05, 0) is 24.6 Å². The number of nitrogens with zero attached hydrogens (tertiary/aromatic N) is 1. The minimum Gasteiger partial charge on any atom is -0.378 e. The van der Waals surface area contributed by atoms with E-state index >= 15 is 0 Å². The molecule has 0 bridgehead atoms. The Bertz CT molecular complexity index is 363. The molecule has 2 unspecified atom stereocenters. The molecule has 92 valence electrons. The number of hydrogen-bond acceptors (Lipinski definition) is 4. The van der Waals surface area contributed by atoms with Gasteiger partial charge >= 0.3 is 0 Å². The number of nitrogens with one attached hydrogen (secondary N) is 2. The summed E-state index contributed by atoms with van der Waals surface area (Å²) >= 11 is 0.